The van der Waals surface area contributed by atoms with E-state index < -0.39 is 0 Å². The Labute approximate surface area is 54.8 Å². The van der Waals surface area contributed by atoms with Gasteiger partial charge in [-0.1, -0.05) is 0 Å². The molecule has 9 heavy (non-hydrogen) atoms. The molecule has 1 aromatic rings. The summed E-state index contributed by atoms with van der Waals surface area (Å²) in [5, 5.41) is 0. The minimum absolute atomic E-state index is 0.733. The Bertz CT molecular complexity index is 181. The van der Waals surface area contributed by atoms with E-state index in [0.29, 0.717) is 0 Å². The van der Waals surface area contributed by atoms with E-state index in [9.17, 15) is 0 Å². The van der Waals surface area contributed by atoms with Crippen LogP contribution >= 0.6 is 0 Å². The van der Waals surface area contributed by atoms with Gasteiger partial charge in [0, 0.05) is 18.0 Å². The molecule has 0 saturated carbocycles. The van der Waals surface area contributed by atoms with E-state index in [-0.39, 0.29) is 0 Å². The predicted molar refractivity (Wildman–Crippen MR) is 36.7 cm³/mol. The van der Waals surface area contributed by atoms with Crippen LogP contribution in [-0.4, -0.2) is 11.6 Å². The first kappa shape index (κ1) is 6.20. The number of hydrogen-bond acceptors (Lipinski definition) is 1. The fraction of sp³-hybridized carbons (Fsp3) is 0.429. The van der Waals surface area contributed by atoms with Gasteiger partial charge in [-0.25, -0.2) is 0 Å². The van der Waals surface area contributed by atoms with Crippen LogP contribution in [0.4, 0.5) is 0 Å². The molecule has 1 heterocycles. The van der Waals surface area contributed by atoms with Gasteiger partial charge in [0.25, 0.3) is 0 Å². The predicted octanol–water partition coefficient (Wildman–Crippen LogP) is 1.72. The van der Waals surface area contributed by atoms with Crippen molar-refractivity contribution in [3.05, 3.63) is 18.0 Å². The average Bonchev–Trinajstić information content (AvgIpc) is 2.17. The van der Waals surface area contributed by atoms with Gasteiger partial charge in [0.2, 0.25) is 0 Å². The summed E-state index contributed by atoms with van der Waals surface area (Å²) < 4.78 is 5.20. The standard InChI is InChI=1S/C7H11NO/c1-3-9-7-4-6(2)8-5-7/h4-5,8H,3H2,1-2H3. The van der Waals surface area contributed by atoms with Gasteiger partial charge in [-0.3, -0.25) is 0 Å². The van der Waals surface area contributed by atoms with E-state index in [2.05, 4.69) is 4.98 Å². The average molecular weight is 125 g/mol. The number of H-pyrrole nitrogens is 1. The van der Waals surface area contributed by atoms with Gasteiger partial charge in [0.05, 0.1) is 6.61 Å². The summed E-state index contributed by atoms with van der Waals surface area (Å²) in [6, 6.07) is 1.98. The summed E-state index contributed by atoms with van der Waals surface area (Å²) in [4.78, 5) is 3.03. The number of nitrogens with one attached hydrogen (secondary N) is 1. The molecule has 1 N–H and O–H groups in total. The maximum Gasteiger partial charge on any atom is 0.136 e. The zero-order valence-corrected chi connectivity index (χ0v) is 5.77. The van der Waals surface area contributed by atoms with Crippen molar-refractivity contribution in [1.29, 1.82) is 0 Å². The van der Waals surface area contributed by atoms with Crippen molar-refractivity contribution in [2.75, 3.05) is 6.61 Å². The molecular weight excluding hydrogens is 114 g/mol. The molecule has 0 amide bonds. The molecule has 1 aromatic heterocycles. The molecule has 0 unspecified atom stereocenters. The Kier molecular flexibility index (Phi) is 1.78. The second-order valence-electron chi connectivity index (χ2n) is 1.95. The number of hydrogen-bond donors (Lipinski definition) is 1. The normalized spacial score (nSPS) is 9.56. The summed E-state index contributed by atoms with van der Waals surface area (Å²) in [5.74, 6) is 0.926. The van der Waals surface area contributed by atoms with E-state index in [1.54, 1.807) is 0 Å². The minimum Gasteiger partial charge on any atom is -0.492 e. The van der Waals surface area contributed by atoms with E-state index >= 15 is 0 Å². The third-order valence-corrected chi connectivity index (χ3v) is 1.11. The fourth-order valence-corrected chi connectivity index (χ4v) is 0.732. The van der Waals surface area contributed by atoms with Gasteiger partial charge in [-0.05, 0) is 13.8 Å². The highest BCUT2D eigenvalue weighted by Crippen LogP contribution is 2.10. The van der Waals surface area contributed by atoms with Gasteiger partial charge >= 0.3 is 0 Å². The van der Waals surface area contributed by atoms with Crippen molar-refractivity contribution in [2.45, 2.75) is 13.8 Å². The van der Waals surface area contributed by atoms with E-state index in [4.69, 9.17) is 4.74 Å². The number of aryl methyl sites for hydroxylation is 1. The van der Waals surface area contributed by atoms with Gasteiger partial charge in [0.1, 0.15) is 5.75 Å². The number of aromatic nitrogens is 1. The van der Waals surface area contributed by atoms with Crippen LogP contribution in [-0.2, 0) is 0 Å². The first-order valence-corrected chi connectivity index (χ1v) is 3.10. The number of rotatable bonds is 2. The molecule has 1 rings (SSSR count). The van der Waals surface area contributed by atoms with Crippen LogP contribution in [0.1, 0.15) is 12.6 Å². The van der Waals surface area contributed by atoms with Gasteiger partial charge in [0.15, 0.2) is 0 Å². The van der Waals surface area contributed by atoms with E-state index in [0.717, 1.165) is 18.1 Å². The molecular formula is C7H11NO. The van der Waals surface area contributed by atoms with Crippen LogP contribution in [0.3, 0.4) is 0 Å². The lowest BCUT2D eigenvalue weighted by atomic mass is 10.5. The van der Waals surface area contributed by atoms with Crippen LogP contribution in [0.2, 0.25) is 0 Å². The first-order valence-electron chi connectivity index (χ1n) is 3.10. The Morgan fingerprint density at radius 2 is 2.44 bits per heavy atom. The Hall–Kier alpha value is -0.920. The Morgan fingerprint density at radius 1 is 1.67 bits per heavy atom. The van der Waals surface area contributed by atoms with Crippen LogP contribution in [0, 0.1) is 6.92 Å². The molecule has 0 spiro atoms. The third kappa shape index (κ3) is 1.49. The lowest BCUT2D eigenvalue weighted by molar-refractivity contribution is 0.340. The molecule has 0 atom stereocenters. The van der Waals surface area contributed by atoms with Gasteiger partial charge in [-0.15, -0.1) is 0 Å². The monoisotopic (exact) mass is 125 g/mol. The molecule has 0 aliphatic rings. The second kappa shape index (κ2) is 2.58. The summed E-state index contributed by atoms with van der Waals surface area (Å²) in [6.45, 7) is 4.71. The Balaban J connectivity index is 2.61. The number of aromatic amines is 1. The van der Waals surface area contributed by atoms with Crippen molar-refractivity contribution in [3.8, 4) is 5.75 Å². The molecule has 0 saturated heterocycles. The summed E-state index contributed by atoms with van der Waals surface area (Å²) in [6.07, 6.45) is 1.86. The van der Waals surface area contributed by atoms with Crippen LogP contribution in [0.25, 0.3) is 0 Å². The molecule has 0 aliphatic heterocycles. The molecule has 0 aliphatic carbocycles. The highest BCUT2D eigenvalue weighted by atomic mass is 16.5. The summed E-state index contributed by atoms with van der Waals surface area (Å²) >= 11 is 0. The summed E-state index contributed by atoms with van der Waals surface area (Å²) in [7, 11) is 0. The van der Waals surface area contributed by atoms with Crippen molar-refractivity contribution in [3.63, 3.8) is 0 Å². The van der Waals surface area contributed by atoms with Gasteiger partial charge in [-0.2, -0.15) is 0 Å². The first-order chi connectivity index (χ1) is 4.33. The smallest absolute Gasteiger partial charge is 0.136 e. The van der Waals surface area contributed by atoms with Crippen LogP contribution in [0.5, 0.6) is 5.75 Å². The molecule has 50 valence electrons. The van der Waals surface area contributed by atoms with E-state index in [1.165, 1.54) is 0 Å². The van der Waals surface area contributed by atoms with Crippen LogP contribution < -0.4 is 4.74 Å². The maximum atomic E-state index is 5.20. The maximum absolute atomic E-state index is 5.20. The van der Waals surface area contributed by atoms with Crippen molar-refractivity contribution in [1.82, 2.24) is 4.98 Å². The third-order valence-electron chi connectivity index (χ3n) is 1.11. The highest BCUT2D eigenvalue weighted by molar-refractivity contribution is 5.21. The topological polar surface area (TPSA) is 25.0 Å². The van der Waals surface area contributed by atoms with E-state index in [1.807, 2.05) is 26.1 Å². The number of ether oxygens (including phenoxy) is 1. The van der Waals surface area contributed by atoms with Crippen molar-refractivity contribution >= 4 is 0 Å². The largest absolute Gasteiger partial charge is 0.492 e. The highest BCUT2D eigenvalue weighted by Gasteiger charge is 1.91. The molecule has 2 nitrogen and oxygen atoms in total. The molecule has 0 radical (unpaired) electrons. The zero-order chi connectivity index (χ0) is 6.69. The lowest BCUT2D eigenvalue weighted by Gasteiger charge is -1.94. The fourth-order valence-electron chi connectivity index (χ4n) is 0.732. The lowest BCUT2D eigenvalue weighted by Crippen LogP contribution is -1.87. The van der Waals surface area contributed by atoms with Crippen LogP contribution in [0.15, 0.2) is 12.3 Å². The second-order valence-corrected chi connectivity index (χ2v) is 1.95. The summed E-state index contributed by atoms with van der Waals surface area (Å²) in [5.41, 5.74) is 1.14. The van der Waals surface area contributed by atoms with Crippen molar-refractivity contribution < 1.29 is 4.74 Å². The van der Waals surface area contributed by atoms with Gasteiger partial charge < -0.3 is 9.72 Å². The minimum atomic E-state index is 0.733. The molecule has 0 aromatic carbocycles. The molecule has 0 bridgehead atoms. The van der Waals surface area contributed by atoms with Crippen molar-refractivity contribution in [2.24, 2.45) is 0 Å². The quantitative estimate of drug-likeness (QED) is 0.639. The molecule has 2 heteroatoms. The Morgan fingerprint density at radius 3 is 2.89 bits per heavy atom. The zero-order valence-electron chi connectivity index (χ0n) is 5.77. The molecule has 0 fully saturated rings. The SMILES string of the molecule is CCOc1c[nH]c(C)c1.